The van der Waals surface area contributed by atoms with E-state index in [-0.39, 0.29) is 272 Å². The fourth-order valence-corrected chi connectivity index (χ4v) is 10.1. The van der Waals surface area contributed by atoms with E-state index < -0.39 is 17.5 Å². The third-order valence-corrected chi connectivity index (χ3v) is 14.7. The summed E-state index contributed by atoms with van der Waals surface area (Å²) >= 11 is 0. The molecule has 6 heterocycles. The van der Waals surface area contributed by atoms with E-state index in [1.807, 2.05) is 11.5 Å². The molecule has 67 heavy (non-hydrogen) atoms. The molecule has 2 aromatic carbocycles. The second kappa shape index (κ2) is 23.4. The summed E-state index contributed by atoms with van der Waals surface area (Å²) in [6, 6.07) is 17.0. The van der Waals surface area contributed by atoms with Crippen LogP contribution in [0, 0.1) is 37.1 Å². The molecule has 4 aliphatic heterocycles. The molecule has 2 N–H and O–H groups in total. The fraction of sp³-hybridized carbons (Fsp3) is 0.400. The summed E-state index contributed by atoms with van der Waals surface area (Å²) in [5.41, 5.74) is 18.2. The molecule has 0 atom stereocenters. The number of anilines is 2. The smallest absolute Gasteiger partial charge is 0.314 e. The zero-order chi connectivity index (χ0) is 44.3. The van der Waals surface area contributed by atoms with Gasteiger partial charge in [-0.1, -0.05) is 136 Å². The number of esters is 2. The first-order chi connectivity index (χ1) is 28.5. The van der Waals surface area contributed by atoms with Gasteiger partial charge < -0.3 is 29.2 Å². The number of benzene rings is 2. The Morgan fingerprint density at radius 2 is 0.910 bits per heavy atom. The number of carbonyl (C=O) groups excluding carboxylic acids is 4. The summed E-state index contributed by atoms with van der Waals surface area (Å²) in [5, 5.41) is 0. The Hall–Kier alpha value is 0.523. The Bertz CT molecular complexity index is 2840. The summed E-state index contributed by atoms with van der Waals surface area (Å²) in [4.78, 5) is 71.6. The topological polar surface area (TPSA) is 151 Å². The van der Waals surface area contributed by atoms with Crippen molar-refractivity contribution in [2.45, 2.75) is 119 Å². The molecule has 6 aliphatic rings. The van der Waals surface area contributed by atoms with E-state index in [1.165, 1.54) is 39.0 Å². The molecular formula is C50H52N4O7Y6-2. The molecule has 2 fully saturated rings. The Morgan fingerprint density at radius 1 is 0.537 bits per heavy atom. The van der Waals surface area contributed by atoms with Gasteiger partial charge in [-0.15, -0.1) is 0 Å². The van der Waals surface area contributed by atoms with E-state index in [0.29, 0.717) is 5.56 Å². The number of rotatable bonds is 1. The molecule has 0 spiro atoms. The minimum atomic E-state index is -0.433. The SMILES string of the molecule is Cc1c2n([c-]c(N)c1=O)C(C)(C)C(C)(C)C1=C2Cc2ccccc21.Cc1c2n([c-]c(N3C(=O)CCC3=O)c1=O)C(C)(C)C(C)(C)C1=C2Cc2ccccc21.O=C1CCC(=O)O1.[Y].[Y].[Y].[Y].[Y].[Y]. The molecule has 2 aromatic heterocycles. The van der Waals surface area contributed by atoms with Crippen molar-refractivity contribution in [3.8, 4) is 0 Å². The van der Waals surface area contributed by atoms with E-state index in [0.717, 1.165) is 40.3 Å². The van der Waals surface area contributed by atoms with Crippen LogP contribution in [0.4, 0.5) is 11.4 Å². The van der Waals surface area contributed by atoms with Gasteiger partial charge in [-0.25, -0.2) is 0 Å². The Balaban J connectivity index is 0.000000377. The number of nitrogen functional groups attached to an aromatic ring is 1. The van der Waals surface area contributed by atoms with E-state index in [1.54, 1.807) is 6.92 Å². The van der Waals surface area contributed by atoms with Gasteiger partial charge in [-0.2, -0.15) is 0 Å². The van der Waals surface area contributed by atoms with Crippen LogP contribution in [0.15, 0.2) is 58.1 Å². The molecule has 0 unspecified atom stereocenters. The summed E-state index contributed by atoms with van der Waals surface area (Å²) in [6.07, 6.45) is 8.83. The first kappa shape index (κ1) is 63.6. The quantitative estimate of drug-likeness (QED) is 0.0894. The Kier molecular flexibility index (Phi) is 22.2. The van der Waals surface area contributed by atoms with Gasteiger partial charge >= 0.3 is 11.9 Å². The molecule has 6 radical (unpaired) electrons. The van der Waals surface area contributed by atoms with Crippen LogP contribution in [0.25, 0.3) is 22.3 Å². The molecule has 11 nitrogen and oxygen atoms in total. The standard InChI is InChI=1S/C25H25N2O3.C21H23N2O.C4H4O3.6Y/c1-14-22-17-12-15-8-6-7-9-16(15)21(17)24(2,3)25(4,5)26(22)13-18(23(14)30)27-19(28)10-11-20(27)29;1-12-18-15-10-13-8-6-7-9-14(13)17(15)20(2,3)21(4,5)23(18)11-16(22)19(12)24;5-3-1-2-4(6)7-3;;;;;;/h6-9H,10-12H2,1-5H3;6-9H,10,22H2,1-5H3;1-2H2;;;;;;/q2*-1;;;;;;;. The molecule has 17 heteroatoms. The monoisotopic (exact) mass is 1350 g/mol. The van der Waals surface area contributed by atoms with Crippen molar-refractivity contribution < 1.29 is 220 Å². The number of ether oxygens (including phenoxy) is 1. The maximum absolute atomic E-state index is 13.3. The number of allylic oxidation sites excluding steroid dienone is 4. The summed E-state index contributed by atoms with van der Waals surface area (Å²) in [5.74, 6) is -1.45. The largest absolute Gasteiger partial charge is 0.448 e. The third-order valence-electron chi connectivity index (χ3n) is 14.7. The molecule has 334 valence electrons. The first-order valence-electron chi connectivity index (χ1n) is 20.9. The average Bonchev–Trinajstić information content (AvgIpc) is 3.98. The van der Waals surface area contributed by atoms with Gasteiger partial charge in [0.2, 0.25) is 11.8 Å². The number of pyridine rings is 2. The maximum atomic E-state index is 13.3. The fourth-order valence-electron chi connectivity index (χ4n) is 10.1. The van der Waals surface area contributed by atoms with Crippen LogP contribution in [0.5, 0.6) is 0 Å². The zero-order valence-electron chi connectivity index (χ0n) is 40.1. The number of amides is 2. The van der Waals surface area contributed by atoms with Gasteiger partial charge in [-0.3, -0.25) is 24.1 Å². The number of nitrogens with two attached hydrogens (primary N) is 1. The zero-order valence-corrected chi connectivity index (χ0v) is 57.1. The molecule has 2 amide bonds. The van der Waals surface area contributed by atoms with E-state index in [2.05, 4.69) is 126 Å². The van der Waals surface area contributed by atoms with Gasteiger partial charge in [-0.05, 0) is 79.6 Å². The number of imide groups is 1. The van der Waals surface area contributed by atoms with Crippen molar-refractivity contribution in [2.24, 2.45) is 10.8 Å². The summed E-state index contributed by atoms with van der Waals surface area (Å²) < 4.78 is 8.21. The number of nitrogens with zero attached hydrogens (tertiary/aromatic N) is 3. The average molecular weight is 1350 g/mol. The second-order valence-corrected chi connectivity index (χ2v) is 19.0. The van der Waals surface area contributed by atoms with Crippen molar-refractivity contribution in [3.05, 3.63) is 126 Å². The molecular weight excluding hydrogens is 1300 g/mol. The van der Waals surface area contributed by atoms with Crippen molar-refractivity contribution in [3.63, 3.8) is 0 Å². The van der Waals surface area contributed by atoms with Gasteiger partial charge in [0.25, 0.3) is 0 Å². The third kappa shape index (κ3) is 10.5. The molecule has 2 aliphatic carbocycles. The predicted molar refractivity (Wildman–Crippen MR) is 235 cm³/mol. The number of hydrogen-bond donors (Lipinski definition) is 1. The van der Waals surface area contributed by atoms with Gasteiger partial charge in [0.1, 0.15) is 0 Å². The van der Waals surface area contributed by atoms with Crippen LogP contribution in [0.3, 0.4) is 0 Å². The van der Waals surface area contributed by atoms with Crippen LogP contribution >= 0.6 is 0 Å². The van der Waals surface area contributed by atoms with E-state index >= 15 is 0 Å². The normalized spacial score (nSPS) is 18.6. The first-order valence-corrected chi connectivity index (χ1v) is 20.9. The minimum absolute atomic E-state index is 0. The molecule has 10 rings (SSSR count). The van der Waals surface area contributed by atoms with Gasteiger partial charge in [0.15, 0.2) is 0 Å². The number of fused-ring (bicyclic) bond motifs is 8. The Labute approximate surface area is 544 Å². The number of aromatic nitrogens is 2. The minimum Gasteiger partial charge on any atom is -0.448 e. The number of cyclic esters (lactones) is 2. The van der Waals surface area contributed by atoms with Gasteiger partial charge in [0.05, 0.1) is 23.7 Å². The van der Waals surface area contributed by atoms with Crippen LogP contribution in [0.1, 0.15) is 126 Å². The predicted octanol–water partition coefficient (Wildman–Crippen LogP) is 7.47. The molecule has 0 bridgehead atoms. The Morgan fingerprint density at radius 3 is 1.30 bits per heavy atom. The van der Waals surface area contributed by atoms with Crippen LogP contribution in [0.2, 0.25) is 0 Å². The van der Waals surface area contributed by atoms with E-state index in [4.69, 9.17) is 5.73 Å². The molecule has 4 aromatic rings. The van der Waals surface area contributed by atoms with E-state index in [9.17, 15) is 28.8 Å². The van der Waals surface area contributed by atoms with Crippen molar-refractivity contribution in [2.75, 3.05) is 10.6 Å². The van der Waals surface area contributed by atoms with Crippen LogP contribution in [-0.2, 0) is 244 Å². The summed E-state index contributed by atoms with van der Waals surface area (Å²) in [7, 11) is 0. The van der Waals surface area contributed by atoms with Crippen LogP contribution in [-0.4, -0.2) is 32.9 Å². The second-order valence-electron chi connectivity index (χ2n) is 19.0. The van der Waals surface area contributed by atoms with Crippen molar-refractivity contribution in [1.82, 2.24) is 9.13 Å². The molecule has 0 saturated carbocycles. The molecule has 2 saturated heterocycles. The number of carbonyl (C=O) groups is 4. The van der Waals surface area contributed by atoms with Crippen molar-refractivity contribution >= 4 is 57.4 Å². The van der Waals surface area contributed by atoms with Gasteiger partial charge in [0, 0.05) is 237 Å². The summed E-state index contributed by atoms with van der Waals surface area (Å²) in [6.45, 7) is 21.4. The van der Waals surface area contributed by atoms with Crippen LogP contribution < -0.4 is 21.5 Å². The maximum Gasteiger partial charge on any atom is 0.314 e. The van der Waals surface area contributed by atoms with Crippen molar-refractivity contribution in [1.29, 1.82) is 0 Å². The number of hydrogen-bond acceptors (Lipinski definition) is 8.